The summed E-state index contributed by atoms with van der Waals surface area (Å²) in [5.41, 5.74) is 7.02. The summed E-state index contributed by atoms with van der Waals surface area (Å²) in [4.78, 5) is 65.1. The van der Waals surface area contributed by atoms with Crippen LogP contribution in [0.15, 0.2) is 90.3 Å². The highest BCUT2D eigenvalue weighted by Crippen LogP contribution is 2.44. The molecular weight excluding hydrogens is 1180 g/mol. The van der Waals surface area contributed by atoms with Crippen LogP contribution in [0.1, 0.15) is 120 Å². The molecule has 1 saturated heterocycles. The van der Waals surface area contributed by atoms with Gasteiger partial charge in [-0.05, 0) is 135 Å². The molecule has 5 N–H and O–H groups in total. The smallest absolute Gasteiger partial charge is 0.246 e. The Bertz CT molecular complexity index is 3080. The average molecular weight is 1280 g/mol. The van der Waals surface area contributed by atoms with Crippen molar-refractivity contribution in [3.05, 3.63) is 123 Å². The van der Waals surface area contributed by atoms with E-state index in [2.05, 4.69) is 62.5 Å². The number of fused-ring (bicyclic) bond motifs is 1. The summed E-state index contributed by atoms with van der Waals surface area (Å²) in [6.07, 6.45) is 4.10. The van der Waals surface area contributed by atoms with E-state index in [-0.39, 0.29) is 68.3 Å². The molecule has 8 rings (SSSR count). The molecule has 1 aromatic heterocycles. The van der Waals surface area contributed by atoms with Crippen LogP contribution in [-0.4, -0.2) is 169 Å². The third-order valence-electron chi connectivity index (χ3n) is 16.8. The average Bonchev–Trinajstić information content (AvgIpc) is 3.55. The maximum atomic E-state index is 14.1. The number of benzene rings is 4. The number of nitrogens with zero attached hydrogens (tertiary/aromatic N) is 4. The largest absolute Gasteiger partial charge is 0.493 e. The summed E-state index contributed by atoms with van der Waals surface area (Å²) in [5.74, 6) is 0.747. The molecule has 0 bridgehead atoms. The van der Waals surface area contributed by atoms with Gasteiger partial charge in [0.25, 0.3) is 0 Å². The van der Waals surface area contributed by atoms with Crippen molar-refractivity contribution < 1.29 is 52.7 Å². The Balaban J connectivity index is 0.628. The Hall–Kier alpha value is -6.20. The van der Waals surface area contributed by atoms with E-state index in [1.807, 2.05) is 119 Å². The number of anilines is 2. The number of thiazole rings is 1. The van der Waals surface area contributed by atoms with Crippen molar-refractivity contribution >= 4 is 57.9 Å². The summed E-state index contributed by atoms with van der Waals surface area (Å²) in [6.45, 7) is 20.0. The zero-order chi connectivity index (χ0) is 64.3. The maximum absolute atomic E-state index is 14.1. The van der Waals surface area contributed by atoms with Gasteiger partial charge in [-0.1, -0.05) is 68.8 Å². The van der Waals surface area contributed by atoms with E-state index >= 15 is 0 Å². The van der Waals surface area contributed by atoms with Gasteiger partial charge in [0.1, 0.15) is 17.1 Å². The van der Waals surface area contributed by atoms with Gasteiger partial charge >= 0.3 is 0 Å². The Morgan fingerprint density at radius 3 is 2.09 bits per heavy atom. The number of methoxy groups -OCH3 is 1. The molecule has 5 aromatic rings. The Morgan fingerprint density at radius 1 is 0.811 bits per heavy atom. The van der Waals surface area contributed by atoms with Crippen molar-refractivity contribution in [2.24, 2.45) is 11.3 Å². The van der Waals surface area contributed by atoms with Gasteiger partial charge in [-0.25, -0.2) is 4.98 Å². The number of halogens is 1. The van der Waals surface area contributed by atoms with E-state index in [0.717, 1.165) is 88.9 Å². The predicted molar refractivity (Wildman–Crippen MR) is 354 cm³/mol. The summed E-state index contributed by atoms with van der Waals surface area (Å²) >= 11 is 7.92. The first-order valence-corrected chi connectivity index (χ1v) is 33.1. The van der Waals surface area contributed by atoms with Crippen LogP contribution in [-0.2, 0) is 44.5 Å². The Kier molecular flexibility index (Phi) is 26.3. The number of amides is 4. The second-order valence-corrected chi connectivity index (χ2v) is 26.5. The van der Waals surface area contributed by atoms with Crippen LogP contribution in [0.5, 0.6) is 11.5 Å². The first kappa shape index (κ1) is 69.7. The number of ether oxygens (including phenoxy) is 6. The Labute approximate surface area is 541 Å². The van der Waals surface area contributed by atoms with Gasteiger partial charge in [0.05, 0.1) is 90.7 Å². The molecule has 90 heavy (non-hydrogen) atoms. The minimum Gasteiger partial charge on any atom is -0.493 e. The minimum absolute atomic E-state index is 0.00717. The van der Waals surface area contributed by atoms with Gasteiger partial charge in [-0.3, -0.25) is 19.2 Å². The van der Waals surface area contributed by atoms with Crippen LogP contribution in [0.2, 0.25) is 5.02 Å². The summed E-state index contributed by atoms with van der Waals surface area (Å²) in [6, 6.07) is 25.9. The molecule has 19 nitrogen and oxygen atoms in total. The van der Waals surface area contributed by atoms with E-state index in [1.54, 1.807) is 18.4 Å². The third-order valence-corrected chi connectivity index (χ3v) is 18.0. The van der Waals surface area contributed by atoms with Crippen molar-refractivity contribution in [1.82, 2.24) is 31.2 Å². The van der Waals surface area contributed by atoms with Gasteiger partial charge in [0.15, 0.2) is 11.5 Å². The molecule has 5 atom stereocenters. The standard InChI is InChI=1S/C69H95ClN8O11S/c1-45(2)89-61-41-58-52(38-60(61)84-9)39-63(81)78(64(58)50-16-18-53(70)19-17-50)56-24-22-55(23-25-56)76(8)42-48-10-20-54(21-11-48)72-28-27-71-29-31-86-33-35-88-37-36-87-34-32-85-30-26-62(80)75-65(69(5,6)7)68(83)77-43-57(79)40-59(77)66(82)74-47(4)49-12-14-51(15-13-49)67-73-46(3)44-90-67/h12-19,22-25,38,41,44-45,47-48,54,57,59,64-65,71-72,79H,10-11,20-21,26-37,39-40,42-43H2,1-9H3,(H,74,82)(H,75,80)/t47-,48?,54?,57+,59-,64-,65+/m0/s1. The molecule has 21 heteroatoms. The highest BCUT2D eigenvalue weighted by atomic mass is 35.5. The molecular formula is C69H95ClN8O11S. The highest BCUT2D eigenvalue weighted by Gasteiger charge is 2.45. The fraction of sp³-hybridized carbons (Fsp3) is 0.551. The lowest BCUT2D eigenvalue weighted by Gasteiger charge is -2.38. The number of carbonyl (C=O) groups excluding carboxylic acids is 4. The molecule has 490 valence electrons. The topological polar surface area (TPSA) is 215 Å². The number of aromatic nitrogens is 1. The number of likely N-dealkylation sites (tertiary alicyclic amines) is 1. The second-order valence-electron chi connectivity index (χ2n) is 25.2. The van der Waals surface area contributed by atoms with Crippen LogP contribution in [0.25, 0.3) is 10.6 Å². The van der Waals surface area contributed by atoms with E-state index < -0.39 is 29.5 Å². The number of carbonyl (C=O) groups is 4. The molecule has 0 spiro atoms. The van der Waals surface area contributed by atoms with Crippen LogP contribution < -0.4 is 40.5 Å². The molecule has 1 aliphatic carbocycles. The minimum atomic E-state index is -0.931. The van der Waals surface area contributed by atoms with E-state index in [4.69, 9.17) is 40.0 Å². The molecule has 1 saturated carbocycles. The molecule has 0 radical (unpaired) electrons. The molecule has 2 fully saturated rings. The van der Waals surface area contributed by atoms with Crippen LogP contribution in [0.3, 0.4) is 0 Å². The fourth-order valence-corrected chi connectivity index (χ4v) is 12.9. The number of hydrogen-bond acceptors (Lipinski definition) is 16. The van der Waals surface area contributed by atoms with Crippen molar-refractivity contribution in [3.8, 4) is 22.1 Å². The molecule has 3 aliphatic rings. The highest BCUT2D eigenvalue weighted by molar-refractivity contribution is 7.13. The molecule has 4 aromatic carbocycles. The normalized spacial score (nSPS) is 19.2. The van der Waals surface area contributed by atoms with Gasteiger partial charge in [-0.2, -0.15) is 0 Å². The lowest BCUT2D eigenvalue weighted by Crippen LogP contribution is -2.58. The molecule has 2 aliphatic heterocycles. The molecule has 0 unspecified atom stereocenters. The monoisotopic (exact) mass is 1280 g/mol. The first-order chi connectivity index (χ1) is 43.3. The number of hydrogen-bond donors (Lipinski definition) is 5. The van der Waals surface area contributed by atoms with E-state index in [9.17, 15) is 24.3 Å². The number of aryl methyl sites for hydroxylation is 1. The van der Waals surface area contributed by atoms with Gasteiger partial charge in [0, 0.05) is 91.7 Å². The van der Waals surface area contributed by atoms with Crippen molar-refractivity contribution in [2.75, 3.05) is 110 Å². The number of nitrogens with one attached hydrogen (secondary N) is 4. The van der Waals surface area contributed by atoms with Crippen LogP contribution >= 0.6 is 22.9 Å². The zero-order valence-corrected chi connectivity index (χ0v) is 55.6. The summed E-state index contributed by atoms with van der Waals surface area (Å²) in [5, 5.41) is 27.3. The number of aliphatic hydroxyl groups excluding tert-OH is 1. The summed E-state index contributed by atoms with van der Waals surface area (Å²) < 4.78 is 34.6. The van der Waals surface area contributed by atoms with E-state index in [1.165, 1.54) is 17.7 Å². The number of rotatable bonds is 33. The third kappa shape index (κ3) is 19.9. The zero-order valence-electron chi connectivity index (χ0n) is 54.0. The van der Waals surface area contributed by atoms with Crippen molar-refractivity contribution in [2.45, 2.75) is 136 Å². The lowest BCUT2D eigenvalue weighted by atomic mass is 9.85. The maximum Gasteiger partial charge on any atom is 0.246 e. The summed E-state index contributed by atoms with van der Waals surface area (Å²) in [7, 11) is 3.78. The fourth-order valence-electron chi connectivity index (χ4n) is 11.9. The van der Waals surface area contributed by atoms with Gasteiger partial charge < -0.3 is 69.5 Å². The van der Waals surface area contributed by atoms with Crippen LogP contribution in [0, 0.1) is 18.3 Å². The molecule has 4 amide bonds. The van der Waals surface area contributed by atoms with Gasteiger partial charge in [0.2, 0.25) is 23.6 Å². The molecule has 3 heterocycles. The van der Waals surface area contributed by atoms with Crippen molar-refractivity contribution in [1.29, 1.82) is 0 Å². The van der Waals surface area contributed by atoms with Crippen LogP contribution in [0.4, 0.5) is 11.4 Å². The number of aliphatic hydroxyl groups is 1. The Morgan fingerprint density at radius 2 is 1.47 bits per heavy atom. The van der Waals surface area contributed by atoms with Gasteiger partial charge in [-0.15, -0.1) is 11.3 Å². The quantitative estimate of drug-likeness (QED) is 0.0248. The lowest BCUT2D eigenvalue weighted by molar-refractivity contribution is -0.144. The van der Waals surface area contributed by atoms with E-state index in [0.29, 0.717) is 74.7 Å². The SMILES string of the molecule is COc1cc2c(cc1OC(C)C)[C@H](c1ccc(Cl)cc1)N(c1ccc(N(C)CC3CCC(NCCNCCOCCOCCOCCOCCC(=O)N[C@H](C(=O)N4C[C@H](O)C[C@H]4C(=O)N[C@@H](C)c4ccc(-c5nc(C)cs5)cc4)C(C)(C)C)CC3)cc1)C(=O)C2. The first-order valence-electron chi connectivity index (χ1n) is 31.9. The predicted octanol–water partition coefficient (Wildman–Crippen LogP) is 9.25. The second kappa shape index (κ2) is 33.9. The number of β-amino-alcohol motifs (C(OH)–C–C–N with tert-alkyl or cyclic N) is 1. The van der Waals surface area contributed by atoms with Crippen molar-refractivity contribution in [3.63, 3.8) is 0 Å².